The van der Waals surface area contributed by atoms with Crippen molar-refractivity contribution in [1.82, 2.24) is 9.88 Å². The van der Waals surface area contributed by atoms with E-state index in [1.54, 1.807) is 40.5 Å². The molecule has 0 aliphatic rings. The maximum Gasteiger partial charge on any atom is 0.253 e. The Morgan fingerprint density at radius 2 is 1.93 bits per heavy atom. The van der Waals surface area contributed by atoms with Crippen molar-refractivity contribution in [2.45, 2.75) is 20.3 Å². The van der Waals surface area contributed by atoms with E-state index in [2.05, 4.69) is 10.3 Å². The third kappa shape index (κ3) is 4.81. The van der Waals surface area contributed by atoms with Gasteiger partial charge in [0, 0.05) is 29.7 Å². The van der Waals surface area contributed by atoms with Gasteiger partial charge in [-0.3, -0.25) is 9.59 Å². The highest BCUT2D eigenvalue weighted by Gasteiger charge is 2.14. The maximum atomic E-state index is 12.5. The summed E-state index contributed by atoms with van der Waals surface area (Å²) in [5.74, 6) is -0.179. The van der Waals surface area contributed by atoms with Gasteiger partial charge in [0.25, 0.3) is 5.91 Å². The van der Waals surface area contributed by atoms with E-state index in [1.807, 2.05) is 36.7 Å². The normalized spacial score (nSPS) is 10.6. The zero-order valence-corrected chi connectivity index (χ0v) is 16.9. The quantitative estimate of drug-likeness (QED) is 0.635. The Morgan fingerprint density at radius 3 is 2.63 bits per heavy atom. The summed E-state index contributed by atoms with van der Waals surface area (Å²) in [7, 11) is 0. The zero-order valence-electron chi connectivity index (χ0n) is 15.3. The number of anilines is 1. The van der Waals surface area contributed by atoms with Crippen molar-refractivity contribution in [3.8, 4) is 9.88 Å². The highest BCUT2D eigenvalue weighted by atomic mass is 32.1. The van der Waals surface area contributed by atoms with Crippen LogP contribution in [0.2, 0.25) is 0 Å². The first-order chi connectivity index (χ1) is 13.1. The average Bonchev–Trinajstić information content (AvgIpc) is 3.34. The minimum atomic E-state index is -0.148. The standard InChI is InChI=1S/C20H21N3O2S2/c1-3-23(4-2)20(25)14-7-5-8-15(11-14)21-18(24)12-16-13-27-19(22-16)17-9-6-10-26-17/h5-11,13H,3-4,12H2,1-2H3,(H,21,24). The van der Waals surface area contributed by atoms with Crippen LogP contribution in [0, 0.1) is 0 Å². The Labute approximate surface area is 166 Å². The van der Waals surface area contributed by atoms with Gasteiger partial charge in [-0.05, 0) is 43.5 Å². The van der Waals surface area contributed by atoms with Gasteiger partial charge >= 0.3 is 0 Å². The number of thiazole rings is 1. The van der Waals surface area contributed by atoms with Gasteiger partial charge in [-0.2, -0.15) is 0 Å². The van der Waals surface area contributed by atoms with Crippen LogP contribution >= 0.6 is 22.7 Å². The number of hydrogen-bond donors (Lipinski definition) is 1. The summed E-state index contributed by atoms with van der Waals surface area (Å²) in [6.45, 7) is 5.21. The molecule has 3 aromatic rings. The monoisotopic (exact) mass is 399 g/mol. The molecule has 2 amide bonds. The van der Waals surface area contributed by atoms with Crippen molar-refractivity contribution in [2.75, 3.05) is 18.4 Å². The lowest BCUT2D eigenvalue weighted by atomic mass is 10.1. The molecule has 0 radical (unpaired) electrons. The number of thiophene rings is 1. The van der Waals surface area contributed by atoms with Gasteiger partial charge in [0.1, 0.15) is 5.01 Å². The SMILES string of the molecule is CCN(CC)C(=O)c1cccc(NC(=O)Cc2csc(-c3cccs3)n2)c1. The van der Waals surface area contributed by atoms with E-state index in [0.717, 1.165) is 15.6 Å². The first kappa shape index (κ1) is 19.3. The molecule has 0 saturated heterocycles. The average molecular weight is 400 g/mol. The van der Waals surface area contributed by atoms with Crippen molar-refractivity contribution in [3.63, 3.8) is 0 Å². The second-order valence-corrected chi connectivity index (χ2v) is 7.71. The number of hydrogen-bond acceptors (Lipinski definition) is 5. The molecule has 0 unspecified atom stereocenters. The van der Waals surface area contributed by atoms with Crippen molar-refractivity contribution in [3.05, 3.63) is 58.4 Å². The number of rotatable bonds is 7. The lowest BCUT2D eigenvalue weighted by Gasteiger charge is -2.19. The minimum absolute atomic E-state index is 0.0313. The molecule has 0 aliphatic heterocycles. The predicted molar refractivity (Wildman–Crippen MR) is 111 cm³/mol. The van der Waals surface area contributed by atoms with Crippen LogP contribution in [0.15, 0.2) is 47.2 Å². The van der Waals surface area contributed by atoms with Gasteiger partial charge in [0.05, 0.1) is 17.0 Å². The maximum absolute atomic E-state index is 12.5. The molecule has 140 valence electrons. The molecule has 1 aromatic carbocycles. The van der Waals surface area contributed by atoms with Crippen LogP contribution in [-0.4, -0.2) is 34.8 Å². The summed E-state index contributed by atoms with van der Waals surface area (Å²) in [6.07, 6.45) is 0.204. The van der Waals surface area contributed by atoms with E-state index in [-0.39, 0.29) is 18.2 Å². The van der Waals surface area contributed by atoms with Crippen LogP contribution in [0.3, 0.4) is 0 Å². The largest absolute Gasteiger partial charge is 0.339 e. The smallest absolute Gasteiger partial charge is 0.253 e. The minimum Gasteiger partial charge on any atom is -0.339 e. The molecule has 0 bridgehead atoms. The molecule has 0 fully saturated rings. The van der Waals surface area contributed by atoms with Crippen LogP contribution in [0.1, 0.15) is 29.9 Å². The lowest BCUT2D eigenvalue weighted by Crippen LogP contribution is -2.30. The molecule has 27 heavy (non-hydrogen) atoms. The Bertz CT molecular complexity index is 915. The van der Waals surface area contributed by atoms with Crippen LogP contribution in [0.25, 0.3) is 9.88 Å². The number of carbonyl (C=O) groups is 2. The Hall–Kier alpha value is -2.51. The third-order valence-electron chi connectivity index (χ3n) is 4.07. The highest BCUT2D eigenvalue weighted by molar-refractivity contribution is 7.20. The molecule has 1 N–H and O–H groups in total. The third-order valence-corrected chi connectivity index (χ3v) is 6.00. The molecular formula is C20H21N3O2S2. The molecule has 0 aliphatic carbocycles. The van der Waals surface area contributed by atoms with Gasteiger partial charge in [-0.15, -0.1) is 22.7 Å². The fraction of sp³-hybridized carbons (Fsp3) is 0.250. The molecule has 0 spiro atoms. The molecule has 2 aromatic heterocycles. The lowest BCUT2D eigenvalue weighted by molar-refractivity contribution is -0.115. The summed E-state index contributed by atoms with van der Waals surface area (Å²) in [6, 6.07) is 11.1. The van der Waals surface area contributed by atoms with E-state index in [0.29, 0.717) is 24.3 Å². The number of carbonyl (C=O) groups excluding carboxylic acids is 2. The second kappa shape index (κ2) is 8.92. The Morgan fingerprint density at radius 1 is 1.11 bits per heavy atom. The van der Waals surface area contributed by atoms with Gasteiger partial charge in [0.2, 0.25) is 5.91 Å². The van der Waals surface area contributed by atoms with Crippen molar-refractivity contribution in [2.24, 2.45) is 0 Å². The summed E-state index contributed by atoms with van der Waals surface area (Å²) < 4.78 is 0. The molecule has 7 heteroatoms. The number of nitrogens with one attached hydrogen (secondary N) is 1. The fourth-order valence-corrected chi connectivity index (χ4v) is 4.33. The Kier molecular flexibility index (Phi) is 6.36. The van der Waals surface area contributed by atoms with Crippen LogP contribution in [0.4, 0.5) is 5.69 Å². The van der Waals surface area contributed by atoms with E-state index in [9.17, 15) is 9.59 Å². The van der Waals surface area contributed by atoms with Crippen LogP contribution in [-0.2, 0) is 11.2 Å². The molecule has 5 nitrogen and oxygen atoms in total. The van der Waals surface area contributed by atoms with E-state index >= 15 is 0 Å². The molecule has 3 rings (SSSR count). The number of benzene rings is 1. The zero-order chi connectivity index (χ0) is 19.2. The predicted octanol–water partition coefficient (Wildman–Crippen LogP) is 4.53. The summed E-state index contributed by atoms with van der Waals surface area (Å²) in [5, 5.41) is 7.71. The van der Waals surface area contributed by atoms with E-state index in [4.69, 9.17) is 0 Å². The van der Waals surface area contributed by atoms with Gasteiger partial charge < -0.3 is 10.2 Å². The summed E-state index contributed by atoms with van der Waals surface area (Å²) >= 11 is 3.17. The van der Waals surface area contributed by atoms with Gasteiger partial charge in [-0.1, -0.05) is 12.1 Å². The summed E-state index contributed by atoms with van der Waals surface area (Å²) in [5.41, 5.74) is 1.94. The molecular weight excluding hydrogens is 378 g/mol. The van der Waals surface area contributed by atoms with Crippen LogP contribution in [0.5, 0.6) is 0 Å². The van der Waals surface area contributed by atoms with Crippen molar-refractivity contribution in [1.29, 1.82) is 0 Å². The second-order valence-electron chi connectivity index (χ2n) is 5.90. The van der Waals surface area contributed by atoms with E-state index < -0.39 is 0 Å². The van der Waals surface area contributed by atoms with Crippen LogP contribution < -0.4 is 5.32 Å². The fourth-order valence-electron chi connectivity index (χ4n) is 2.69. The van der Waals surface area contributed by atoms with Crippen molar-refractivity contribution >= 4 is 40.2 Å². The first-order valence-electron chi connectivity index (χ1n) is 8.78. The number of aromatic nitrogens is 1. The van der Waals surface area contributed by atoms with E-state index in [1.165, 1.54) is 11.3 Å². The number of nitrogens with zero attached hydrogens (tertiary/aromatic N) is 2. The summed E-state index contributed by atoms with van der Waals surface area (Å²) in [4.78, 5) is 32.2. The van der Waals surface area contributed by atoms with Gasteiger partial charge in [0.15, 0.2) is 0 Å². The Balaban J connectivity index is 1.64. The highest BCUT2D eigenvalue weighted by Crippen LogP contribution is 2.28. The van der Waals surface area contributed by atoms with Crippen molar-refractivity contribution < 1.29 is 9.59 Å². The number of amides is 2. The topological polar surface area (TPSA) is 62.3 Å². The first-order valence-corrected chi connectivity index (χ1v) is 10.5. The van der Waals surface area contributed by atoms with Gasteiger partial charge in [-0.25, -0.2) is 4.98 Å². The molecule has 0 atom stereocenters. The molecule has 2 heterocycles. The molecule has 0 saturated carbocycles.